The highest BCUT2D eigenvalue weighted by Gasteiger charge is 2.36. The Kier molecular flexibility index (Phi) is 15.0. The highest BCUT2D eigenvalue weighted by atomic mass is 35.5. The molecular formula is C40H44ClNO11S2. The van der Waals surface area contributed by atoms with Crippen molar-refractivity contribution < 1.29 is 51.2 Å². The first-order valence-electron chi connectivity index (χ1n) is 17.0. The van der Waals surface area contributed by atoms with E-state index in [1.807, 2.05) is 19.1 Å². The molecule has 0 heterocycles. The van der Waals surface area contributed by atoms with Gasteiger partial charge in [-0.3, -0.25) is 9.59 Å². The first-order valence-corrected chi connectivity index (χ1v) is 20.3. The van der Waals surface area contributed by atoms with Crippen molar-refractivity contribution in [3.05, 3.63) is 112 Å². The second-order valence-corrected chi connectivity index (χ2v) is 17.5. The maximum atomic E-state index is 14.0. The molecule has 0 aliphatic rings. The van der Waals surface area contributed by atoms with Gasteiger partial charge in [-0.05, 0) is 98.1 Å². The lowest BCUT2D eigenvalue weighted by Crippen LogP contribution is -2.48. The van der Waals surface area contributed by atoms with Crippen LogP contribution in [0.25, 0.3) is 0 Å². The van der Waals surface area contributed by atoms with Crippen molar-refractivity contribution in [1.82, 2.24) is 4.90 Å². The highest BCUT2D eigenvalue weighted by Crippen LogP contribution is 2.39. The van der Waals surface area contributed by atoms with Gasteiger partial charge in [0.1, 0.15) is 30.3 Å². The Morgan fingerprint density at radius 1 is 0.782 bits per heavy atom. The number of aryl methyl sites for hydroxylation is 1. The summed E-state index contributed by atoms with van der Waals surface area (Å²) in [5.74, 6) is -1.12. The maximum absolute atomic E-state index is 14.0. The third kappa shape index (κ3) is 12.1. The molecule has 2 amide bonds. The van der Waals surface area contributed by atoms with Crippen LogP contribution < -0.4 is 18.9 Å². The molecule has 0 fully saturated rings. The molecule has 0 saturated heterocycles. The van der Waals surface area contributed by atoms with Crippen molar-refractivity contribution in [2.24, 2.45) is 0 Å². The van der Waals surface area contributed by atoms with Crippen LogP contribution in [0.2, 0.25) is 5.02 Å². The third-order valence-electron chi connectivity index (χ3n) is 7.89. The number of amides is 2. The van der Waals surface area contributed by atoms with Gasteiger partial charge < -0.3 is 28.4 Å². The molecule has 0 radical (unpaired) electrons. The molecule has 12 nitrogen and oxygen atoms in total. The van der Waals surface area contributed by atoms with Crippen molar-refractivity contribution in [3.63, 3.8) is 0 Å². The number of methoxy groups -OCH3 is 3. The summed E-state index contributed by atoms with van der Waals surface area (Å²) in [5.41, 5.74) is 1.12. The van der Waals surface area contributed by atoms with Crippen molar-refractivity contribution in [2.75, 3.05) is 33.6 Å². The van der Waals surface area contributed by atoms with E-state index in [0.717, 1.165) is 16.7 Å². The SMILES string of the molecule is COc1ccc(COc2ccc(C(=O)C(=O)N(C[C@@H](CSS(=O)(=O)c3ccc(C)cc3)OC)C(=O)OC(C)(C)C)c(Cl)c2OCc2ccc(OC)cc2)cc1. The van der Waals surface area contributed by atoms with E-state index in [9.17, 15) is 22.8 Å². The van der Waals surface area contributed by atoms with Crippen molar-refractivity contribution in [1.29, 1.82) is 0 Å². The van der Waals surface area contributed by atoms with Crippen molar-refractivity contribution >= 4 is 49.0 Å². The van der Waals surface area contributed by atoms with Crippen molar-refractivity contribution in [2.45, 2.75) is 57.5 Å². The monoisotopic (exact) mass is 813 g/mol. The Hall–Kier alpha value is -4.76. The number of halogens is 1. The molecule has 55 heavy (non-hydrogen) atoms. The number of imide groups is 1. The van der Waals surface area contributed by atoms with E-state index in [4.69, 9.17) is 40.0 Å². The quantitative estimate of drug-likeness (QED) is 0.0581. The van der Waals surface area contributed by atoms with Gasteiger partial charge in [-0.1, -0.05) is 53.6 Å². The minimum Gasteiger partial charge on any atom is -0.497 e. The number of ketones is 1. The summed E-state index contributed by atoms with van der Waals surface area (Å²) >= 11 is 6.84. The van der Waals surface area contributed by atoms with Gasteiger partial charge in [-0.25, -0.2) is 18.1 Å². The molecule has 15 heteroatoms. The van der Waals surface area contributed by atoms with Crippen LogP contribution in [0.15, 0.2) is 89.8 Å². The summed E-state index contributed by atoms with van der Waals surface area (Å²) in [6.45, 7) is 6.24. The standard InChI is InChI=1S/C40H44ClNO11S2/c1-26-8-18-32(19-9-26)55(46,47)54-25-31(50-7)22-42(39(45)53-40(2,3)4)38(44)36(43)33-20-21-34(51-23-27-10-14-29(48-5)15-11-27)37(35(33)41)52-24-28-12-16-30(49-6)17-13-28/h8-21,31H,22-25H2,1-7H3/t31-/m0/s1. The van der Waals surface area contributed by atoms with E-state index in [-0.39, 0.29) is 45.9 Å². The van der Waals surface area contributed by atoms with E-state index in [0.29, 0.717) is 27.2 Å². The van der Waals surface area contributed by atoms with Crippen LogP contribution >= 0.6 is 22.4 Å². The molecule has 0 unspecified atom stereocenters. The van der Waals surface area contributed by atoms with Gasteiger partial charge in [0.05, 0.1) is 42.3 Å². The number of ether oxygens (including phenoxy) is 6. The van der Waals surface area contributed by atoms with Crippen LogP contribution in [0.1, 0.15) is 47.8 Å². The zero-order valence-corrected chi connectivity index (χ0v) is 34.0. The second kappa shape index (κ2) is 19.2. The lowest BCUT2D eigenvalue weighted by Gasteiger charge is -2.28. The number of hydrogen-bond donors (Lipinski definition) is 0. The van der Waals surface area contributed by atoms with E-state index in [1.54, 1.807) is 83.5 Å². The van der Waals surface area contributed by atoms with Gasteiger partial charge in [-0.2, -0.15) is 0 Å². The minimum absolute atomic E-state index is 0.0108. The van der Waals surface area contributed by atoms with Crippen LogP contribution in [0.3, 0.4) is 0 Å². The zero-order chi connectivity index (χ0) is 40.3. The highest BCUT2D eigenvalue weighted by molar-refractivity contribution is 8.72. The molecule has 0 bridgehead atoms. The Bertz CT molecular complexity index is 2050. The molecule has 1 atom stereocenters. The minimum atomic E-state index is -3.82. The van der Waals surface area contributed by atoms with Crippen LogP contribution in [-0.2, 0) is 36.4 Å². The number of carbonyl (C=O) groups excluding carboxylic acids is 3. The smallest absolute Gasteiger partial charge is 0.417 e. The van der Waals surface area contributed by atoms with Gasteiger partial charge in [0, 0.05) is 12.9 Å². The largest absolute Gasteiger partial charge is 0.497 e. The first-order chi connectivity index (χ1) is 26.0. The molecule has 4 aromatic rings. The summed E-state index contributed by atoms with van der Waals surface area (Å²) in [4.78, 5) is 42.1. The zero-order valence-electron chi connectivity index (χ0n) is 31.6. The summed E-state index contributed by atoms with van der Waals surface area (Å²) in [6, 6.07) is 23.4. The number of hydrogen-bond acceptors (Lipinski definition) is 12. The number of rotatable bonds is 17. The van der Waals surface area contributed by atoms with Crippen LogP contribution in [0.4, 0.5) is 4.79 Å². The summed E-state index contributed by atoms with van der Waals surface area (Å²) < 4.78 is 59.7. The van der Waals surface area contributed by atoms with Crippen LogP contribution in [0.5, 0.6) is 23.0 Å². The Morgan fingerprint density at radius 3 is 1.84 bits per heavy atom. The molecule has 0 spiro atoms. The Balaban J connectivity index is 1.63. The fraction of sp³-hybridized carbons (Fsp3) is 0.325. The average Bonchev–Trinajstić information content (AvgIpc) is 3.16. The molecule has 0 N–H and O–H groups in total. The molecular weight excluding hydrogens is 770 g/mol. The molecule has 0 saturated carbocycles. The van der Waals surface area contributed by atoms with E-state index >= 15 is 0 Å². The van der Waals surface area contributed by atoms with Gasteiger partial charge in [0.25, 0.3) is 5.78 Å². The van der Waals surface area contributed by atoms with Gasteiger partial charge in [0.2, 0.25) is 8.87 Å². The lowest BCUT2D eigenvalue weighted by atomic mass is 10.1. The molecule has 0 aliphatic heterocycles. The second-order valence-electron chi connectivity index (χ2n) is 13.2. The molecule has 0 aromatic heterocycles. The third-order valence-corrected chi connectivity index (χ3v) is 11.9. The summed E-state index contributed by atoms with van der Waals surface area (Å²) in [6.07, 6.45) is -2.15. The molecule has 0 aliphatic carbocycles. The molecule has 4 aromatic carbocycles. The fourth-order valence-corrected chi connectivity index (χ4v) is 8.06. The normalized spacial score (nSPS) is 12.0. The van der Waals surface area contributed by atoms with Gasteiger partial charge in [-0.15, -0.1) is 0 Å². The Morgan fingerprint density at radius 2 is 1.33 bits per heavy atom. The number of carbonyl (C=O) groups is 3. The lowest BCUT2D eigenvalue weighted by molar-refractivity contribution is -0.127. The topological polar surface area (TPSA) is 144 Å². The van der Waals surface area contributed by atoms with Crippen molar-refractivity contribution in [3.8, 4) is 23.0 Å². The van der Waals surface area contributed by atoms with Crippen LogP contribution in [0, 0.1) is 6.92 Å². The number of Topliss-reactive ketones (excluding diaryl/α,β-unsaturated/α-hetero) is 1. The van der Waals surface area contributed by atoms with Gasteiger partial charge >= 0.3 is 12.0 Å². The number of benzene rings is 4. The first kappa shape index (κ1) is 43.0. The molecule has 4 rings (SSSR count). The van der Waals surface area contributed by atoms with E-state index in [1.165, 1.54) is 31.4 Å². The predicted octanol–water partition coefficient (Wildman–Crippen LogP) is 7.91. The average molecular weight is 814 g/mol. The predicted molar refractivity (Wildman–Crippen MR) is 210 cm³/mol. The van der Waals surface area contributed by atoms with E-state index < -0.39 is 44.9 Å². The van der Waals surface area contributed by atoms with Crippen LogP contribution in [-0.4, -0.2) is 76.4 Å². The fourth-order valence-electron chi connectivity index (χ4n) is 4.85. The summed E-state index contributed by atoms with van der Waals surface area (Å²) in [7, 11) is 1.18. The maximum Gasteiger partial charge on any atom is 0.417 e. The Labute approximate surface area is 330 Å². The van der Waals surface area contributed by atoms with E-state index in [2.05, 4.69) is 0 Å². The van der Waals surface area contributed by atoms with Gasteiger partial charge in [0.15, 0.2) is 11.5 Å². The summed E-state index contributed by atoms with van der Waals surface area (Å²) in [5, 5.41) is -0.230. The number of nitrogens with zero attached hydrogens (tertiary/aromatic N) is 1. The molecule has 294 valence electrons.